The molecule has 2 N–H and O–H groups in total. The summed E-state index contributed by atoms with van der Waals surface area (Å²) in [5, 5.41) is 0. The largest absolute Gasteiger partial charge is 2.00 e. The van der Waals surface area contributed by atoms with Gasteiger partial charge in [0.25, 0.3) is 7.47 Å². The molecule has 0 aromatic rings. The van der Waals surface area contributed by atoms with Gasteiger partial charge in [0, 0.05) is 0 Å². The summed E-state index contributed by atoms with van der Waals surface area (Å²) in [5.41, 5.74) is 0. The van der Waals surface area contributed by atoms with E-state index in [2.05, 4.69) is 7.57 Å². The quantitative estimate of drug-likeness (QED) is 0.437. The summed E-state index contributed by atoms with van der Waals surface area (Å²) in [4.78, 5) is 14.8. The van der Waals surface area contributed by atoms with Gasteiger partial charge in [0.1, 0.15) is 0 Å². The van der Waals surface area contributed by atoms with E-state index in [-0.39, 0.29) is 92.3 Å². The summed E-state index contributed by atoms with van der Waals surface area (Å²) in [6.07, 6.45) is 0. The van der Waals surface area contributed by atoms with Crippen molar-refractivity contribution < 1.29 is 20.1 Å². The first-order valence-electron chi connectivity index (χ1n) is 0.841. The van der Waals surface area contributed by atoms with E-state index in [9.17, 15) is 0 Å². The van der Waals surface area contributed by atoms with Crippen molar-refractivity contribution in [2.24, 2.45) is 0 Å². The van der Waals surface area contributed by atoms with E-state index in [1.54, 1.807) is 0 Å². The summed E-state index contributed by atoms with van der Waals surface area (Å²) >= 11 is 0. The van der Waals surface area contributed by atoms with Crippen LogP contribution in [-0.4, -0.2) is 104 Å². The monoisotopic (exact) mass is 274 g/mol. The van der Waals surface area contributed by atoms with Crippen molar-refractivity contribution in [1.29, 1.82) is 0 Å². The molecule has 0 spiro atoms. The summed E-state index contributed by atoms with van der Waals surface area (Å²) in [5.74, 6) is 0. The molecule has 0 aliphatic carbocycles. The third kappa shape index (κ3) is 48.4. The van der Waals surface area contributed by atoms with Crippen LogP contribution in [0.2, 0.25) is 0 Å². The van der Waals surface area contributed by atoms with Gasteiger partial charge >= 0.3 is 86.6 Å². The van der Waals surface area contributed by atoms with E-state index in [1.807, 2.05) is 0 Å². The second kappa shape index (κ2) is 7.16. The van der Waals surface area contributed by atoms with E-state index in [0.717, 1.165) is 0 Å². The zero-order chi connectivity index (χ0) is 4.50. The molecule has 2 radical (unpaired) electrons. The van der Waals surface area contributed by atoms with Gasteiger partial charge in [0.05, 0.1) is 0 Å². The maximum Gasteiger partial charge on any atom is 2.00 e. The second-order valence-corrected chi connectivity index (χ2v) is 1.77. The fraction of sp³-hybridized carbons (Fsp3) is 0. The summed E-state index contributed by atoms with van der Waals surface area (Å²) < 4.78 is 9.10. The Balaban J connectivity index is -0.00000000533. The van der Waals surface area contributed by atoms with Crippen molar-refractivity contribution >= 4 is 102 Å². The normalized spacial score (nSPS) is 8.29. The number of hydrogen-bond acceptors (Lipinski definition) is 1. The molecule has 0 saturated heterocycles. The minimum absolute atomic E-state index is 0. The first-order valence-corrected chi connectivity index (χ1v) is 2.52. The third-order valence-corrected chi connectivity index (χ3v) is 0. The van der Waals surface area contributed by atoms with Crippen LogP contribution in [0, 0.1) is 0 Å². The predicted molar refractivity (Wildman–Crippen MR) is 33.8 cm³/mol. The minimum Gasteiger partial charge on any atom is -1.00 e. The number of rotatable bonds is 0. The molecule has 0 unspecified atom stereocenters. The van der Waals surface area contributed by atoms with E-state index in [0.29, 0.717) is 0 Å². The molecule has 7 heteroatoms. The van der Waals surface area contributed by atoms with Gasteiger partial charge in [0.15, 0.2) is 0 Å². The molecule has 0 aromatic carbocycles. The topological polar surface area (TPSA) is 57.5 Å². The molecule has 0 rings (SSSR count). The van der Waals surface area contributed by atoms with E-state index < -0.39 is 7.47 Å². The van der Waals surface area contributed by atoms with Crippen LogP contribution >= 0.6 is 7.47 Å². The summed E-state index contributed by atoms with van der Waals surface area (Å²) in [6, 6.07) is 0. The van der Waals surface area contributed by atoms with Crippen LogP contribution in [0.1, 0.15) is 5.71 Å². The van der Waals surface area contributed by atoms with Crippen molar-refractivity contribution in [3.63, 3.8) is 0 Å². The van der Waals surface area contributed by atoms with Gasteiger partial charge in [0.2, 0.25) is 7.57 Å². The molecular weight excluding hydrogens is 267 g/mol. The van der Waals surface area contributed by atoms with Crippen molar-refractivity contribution in [2.75, 3.05) is 0 Å². The maximum atomic E-state index is 9.10. The van der Waals surface area contributed by atoms with Gasteiger partial charge < -0.3 is 15.5 Å². The second-order valence-electron chi connectivity index (χ2n) is 0.589. The molecule has 0 fully saturated rings. The van der Waals surface area contributed by atoms with Gasteiger partial charge in [-0.2, -0.15) is 0 Å². The molecule has 0 aliphatic rings. The fourth-order valence-electron chi connectivity index (χ4n) is 0. The first kappa shape index (κ1) is 16.6. The van der Waals surface area contributed by atoms with Crippen molar-refractivity contribution in [3.8, 4) is 0 Å². The zero-order valence-electron chi connectivity index (χ0n) is 7.74. The van der Waals surface area contributed by atoms with Crippen LogP contribution in [0.4, 0.5) is 0 Å². The summed E-state index contributed by atoms with van der Waals surface area (Å²) in [7, 11) is -0.118. The van der Waals surface area contributed by atoms with E-state index in [1.165, 1.54) is 0 Å². The Morgan fingerprint density at radius 2 is 1.57 bits per heavy atom. The zero-order valence-corrected chi connectivity index (χ0v) is 11.3. The van der Waals surface area contributed by atoms with Gasteiger partial charge in [-0.15, -0.1) is 0 Å². The Morgan fingerprint density at radius 1 is 1.57 bits per heavy atom. The van der Waals surface area contributed by atoms with Gasteiger partial charge in [-0.25, -0.2) is 0 Å². The Kier molecular flexibility index (Phi) is 16.9. The van der Waals surface area contributed by atoms with Crippen LogP contribution in [0.25, 0.3) is 0 Å². The van der Waals surface area contributed by atoms with Crippen molar-refractivity contribution in [3.05, 3.63) is 0 Å². The average molecular weight is 273 g/mol. The molecule has 0 bridgehead atoms. The van der Waals surface area contributed by atoms with Crippen LogP contribution in [0.5, 0.6) is 0 Å². The summed E-state index contributed by atoms with van der Waals surface area (Å²) in [6.45, 7) is 0. The van der Waals surface area contributed by atoms with Crippen molar-refractivity contribution in [1.82, 2.24) is 0 Å². The van der Waals surface area contributed by atoms with E-state index in [4.69, 9.17) is 14.4 Å². The Morgan fingerprint density at radius 3 is 1.57 bits per heavy atom. The van der Waals surface area contributed by atoms with Crippen LogP contribution in [-0.2, 0) is 4.57 Å². The Bertz CT molecular complexity index is 71.5. The minimum atomic E-state index is -4.14. The molecule has 3 nitrogen and oxygen atoms in total. The Labute approximate surface area is 119 Å². The first-order chi connectivity index (χ1) is 2.00. The van der Waals surface area contributed by atoms with Gasteiger partial charge in [-0.1, -0.05) is 0 Å². The van der Waals surface area contributed by atoms with E-state index >= 15 is 0 Å². The standard InChI is InChI=1S/BH2O3P.Ba.Ca.4H/c1-5(2,3)4;;;;;;/h(H2,2,3,4);;;;;;/q;2*+2;4*-1. The molecule has 7 heavy (non-hydrogen) atoms. The molecule has 36 valence electrons. The molecule has 0 saturated carbocycles. The molecule has 0 heterocycles. The van der Waals surface area contributed by atoms with Crippen LogP contribution < -0.4 is 0 Å². The van der Waals surface area contributed by atoms with Crippen molar-refractivity contribution in [2.45, 2.75) is 0 Å². The van der Waals surface area contributed by atoms with Crippen LogP contribution in [0.3, 0.4) is 0 Å². The molecule has 0 atom stereocenters. The van der Waals surface area contributed by atoms with Crippen LogP contribution in [0.15, 0.2) is 0 Å². The average Bonchev–Trinajstić information content (AvgIpc) is 0.722. The molecular formula is H6BBaCaO3P. The number of hydrogen-bond donors (Lipinski definition) is 2. The Hall–Kier alpha value is 3.05. The molecule has 0 aromatic heterocycles. The SMILES string of the molecule is [B]P(=O)(O)O.[Ba+2].[Ca+2].[H-].[H-].[H-].[H-]. The third-order valence-electron chi connectivity index (χ3n) is 0. The smallest absolute Gasteiger partial charge is 1.00 e. The molecule has 0 amide bonds. The molecule has 0 aliphatic heterocycles. The van der Waals surface area contributed by atoms with Gasteiger partial charge in [-0.3, -0.25) is 4.57 Å². The van der Waals surface area contributed by atoms with Gasteiger partial charge in [-0.05, 0) is 0 Å². The maximum absolute atomic E-state index is 9.10. The predicted octanol–water partition coefficient (Wildman–Crippen LogP) is -1.06. The fourth-order valence-corrected chi connectivity index (χ4v) is 0.